The van der Waals surface area contributed by atoms with Crippen molar-refractivity contribution in [3.05, 3.63) is 29.6 Å². The summed E-state index contributed by atoms with van der Waals surface area (Å²) in [6.07, 6.45) is 6.65. The van der Waals surface area contributed by atoms with Crippen molar-refractivity contribution in [1.29, 1.82) is 0 Å². The van der Waals surface area contributed by atoms with Crippen molar-refractivity contribution in [2.24, 2.45) is 17.8 Å². The topological polar surface area (TPSA) is 78.5 Å². The zero-order chi connectivity index (χ0) is 22.4. The number of piperidine rings is 1. The third kappa shape index (κ3) is 6.28. The molecule has 3 unspecified atom stereocenters. The van der Waals surface area contributed by atoms with E-state index >= 15 is 0 Å². The van der Waals surface area contributed by atoms with E-state index in [2.05, 4.69) is 17.6 Å². The molecule has 2 N–H and O–H groups in total. The molecule has 1 aromatic carbocycles. The number of rotatable bonds is 9. The van der Waals surface area contributed by atoms with E-state index in [0.717, 1.165) is 44.9 Å². The molecule has 6 nitrogen and oxygen atoms in total. The van der Waals surface area contributed by atoms with E-state index in [9.17, 15) is 18.8 Å². The molecule has 3 rings (SSSR count). The second-order valence-corrected chi connectivity index (χ2v) is 8.94. The monoisotopic (exact) mass is 431 g/mol. The highest BCUT2D eigenvalue weighted by Crippen LogP contribution is 2.38. The predicted molar refractivity (Wildman–Crippen MR) is 118 cm³/mol. The third-order valence-corrected chi connectivity index (χ3v) is 6.33. The lowest BCUT2D eigenvalue weighted by Gasteiger charge is -2.32. The summed E-state index contributed by atoms with van der Waals surface area (Å²) in [5.74, 6) is -1.01. The van der Waals surface area contributed by atoms with Crippen LogP contribution in [0.15, 0.2) is 18.2 Å². The van der Waals surface area contributed by atoms with Gasteiger partial charge in [0.05, 0.1) is 17.2 Å². The van der Waals surface area contributed by atoms with Crippen LogP contribution in [0.4, 0.5) is 10.1 Å². The van der Waals surface area contributed by atoms with Crippen LogP contribution in [-0.2, 0) is 9.59 Å². The van der Waals surface area contributed by atoms with Crippen LogP contribution in [0.25, 0.3) is 0 Å². The van der Waals surface area contributed by atoms with Crippen LogP contribution in [-0.4, -0.2) is 42.3 Å². The SMILES string of the molecule is CCCCCCNC(=O)C1CCCN(C(=O)c2cc(F)ccc2NC(=O)C2CC2C)C1. The second kappa shape index (κ2) is 10.7. The molecule has 2 fully saturated rings. The maximum atomic E-state index is 13.9. The molecule has 1 heterocycles. The Labute approximate surface area is 183 Å². The summed E-state index contributed by atoms with van der Waals surface area (Å²) < 4.78 is 13.9. The highest BCUT2D eigenvalue weighted by Gasteiger charge is 2.39. The van der Waals surface area contributed by atoms with Crippen molar-refractivity contribution in [1.82, 2.24) is 10.2 Å². The van der Waals surface area contributed by atoms with Gasteiger partial charge in [-0.1, -0.05) is 33.1 Å². The van der Waals surface area contributed by atoms with Gasteiger partial charge in [0.25, 0.3) is 5.91 Å². The van der Waals surface area contributed by atoms with Gasteiger partial charge in [-0.15, -0.1) is 0 Å². The summed E-state index contributed by atoms with van der Waals surface area (Å²) >= 11 is 0. The van der Waals surface area contributed by atoms with Gasteiger partial charge in [0.2, 0.25) is 11.8 Å². The molecular weight excluding hydrogens is 397 g/mol. The summed E-state index contributed by atoms with van der Waals surface area (Å²) in [5, 5.41) is 5.78. The zero-order valence-corrected chi connectivity index (χ0v) is 18.6. The molecule has 31 heavy (non-hydrogen) atoms. The van der Waals surface area contributed by atoms with Crippen LogP contribution in [0.2, 0.25) is 0 Å². The lowest BCUT2D eigenvalue weighted by atomic mass is 9.96. The van der Waals surface area contributed by atoms with Gasteiger partial charge in [-0.05, 0) is 49.8 Å². The Kier molecular flexibility index (Phi) is 8.04. The lowest BCUT2D eigenvalue weighted by molar-refractivity contribution is -0.126. The Morgan fingerprint density at radius 3 is 2.65 bits per heavy atom. The first-order valence-corrected chi connectivity index (χ1v) is 11.6. The molecule has 1 aromatic rings. The summed E-state index contributed by atoms with van der Waals surface area (Å²) in [6, 6.07) is 3.86. The molecule has 0 radical (unpaired) electrons. The van der Waals surface area contributed by atoms with E-state index in [0.29, 0.717) is 31.2 Å². The summed E-state index contributed by atoms with van der Waals surface area (Å²) in [6.45, 7) is 5.63. The fraction of sp³-hybridized carbons (Fsp3) is 0.625. The molecule has 3 amide bonds. The van der Waals surface area contributed by atoms with Crippen molar-refractivity contribution in [2.75, 3.05) is 25.0 Å². The van der Waals surface area contributed by atoms with E-state index in [4.69, 9.17) is 0 Å². The van der Waals surface area contributed by atoms with Crippen molar-refractivity contribution in [3.8, 4) is 0 Å². The number of hydrogen-bond donors (Lipinski definition) is 2. The molecule has 1 saturated heterocycles. The van der Waals surface area contributed by atoms with Crippen LogP contribution in [0.5, 0.6) is 0 Å². The van der Waals surface area contributed by atoms with Crippen LogP contribution >= 0.6 is 0 Å². The van der Waals surface area contributed by atoms with Crippen LogP contribution in [0, 0.1) is 23.6 Å². The van der Waals surface area contributed by atoms with Crippen LogP contribution < -0.4 is 10.6 Å². The molecule has 170 valence electrons. The fourth-order valence-corrected chi connectivity index (χ4v) is 4.17. The maximum Gasteiger partial charge on any atom is 0.256 e. The Bertz CT molecular complexity index is 813. The number of unbranched alkanes of at least 4 members (excludes halogenated alkanes) is 3. The van der Waals surface area contributed by atoms with Gasteiger partial charge >= 0.3 is 0 Å². The number of benzene rings is 1. The molecule has 1 saturated carbocycles. The lowest BCUT2D eigenvalue weighted by Crippen LogP contribution is -2.45. The normalized spacial score (nSPS) is 22.7. The molecule has 7 heteroatoms. The number of amides is 3. The van der Waals surface area contributed by atoms with Crippen LogP contribution in [0.1, 0.15) is 69.2 Å². The summed E-state index contributed by atoms with van der Waals surface area (Å²) in [5.41, 5.74) is 0.472. The first-order chi connectivity index (χ1) is 14.9. The maximum absolute atomic E-state index is 13.9. The standard InChI is InChI=1S/C24H34FN3O3/c1-3-4-5-6-11-26-22(29)17-8-7-12-28(15-17)24(31)20-14-18(25)9-10-21(20)27-23(30)19-13-16(19)2/h9-10,14,16-17,19H,3-8,11-13,15H2,1-2H3,(H,26,29)(H,27,30). The molecule has 3 atom stereocenters. The molecule has 1 aliphatic carbocycles. The molecule has 2 aliphatic rings. The van der Waals surface area contributed by atoms with Gasteiger partial charge in [0, 0.05) is 25.6 Å². The Balaban J connectivity index is 1.61. The average Bonchev–Trinajstić information content (AvgIpc) is 3.51. The van der Waals surface area contributed by atoms with E-state index in [1.54, 1.807) is 4.90 Å². The van der Waals surface area contributed by atoms with E-state index < -0.39 is 5.82 Å². The third-order valence-electron chi connectivity index (χ3n) is 6.33. The van der Waals surface area contributed by atoms with Gasteiger partial charge < -0.3 is 15.5 Å². The number of halogens is 1. The predicted octanol–water partition coefficient (Wildman–Crippen LogP) is 3.97. The Morgan fingerprint density at radius 2 is 1.94 bits per heavy atom. The van der Waals surface area contributed by atoms with E-state index in [1.807, 2.05) is 6.92 Å². The summed E-state index contributed by atoms with van der Waals surface area (Å²) in [7, 11) is 0. The highest BCUT2D eigenvalue weighted by molar-refractivity contribution is 6.04. The minimum Gasteiger partial charge on any atom is -0.356 e. The minimum absolute atomic E-state index is 0.0236. The van der Waals surface area contributed by atoms with E-state index in [-0.39, 0.29) is 35.1 Å². The van der Waals surface area contributed by atoms with Gasteiger partial charge in [0.15, 0.2) is 0 Å². The quantitative estimate of drug-likeness (QED) is 0.581. The average molecular weight is 432 g/mol. The minimum atomic E-state index is -0.528. The first-order valence-electron chi connectivity index (χ1n) is 11.6. The number of nitrogens with zero attached hydrogens (tertiary/aromatic N) is 1. The van der Waals surface area contributed by atoms with Gasteiger partial charge in [-0.25, -0.2) is 4.39 Å². The molecular formula is C24H34FN3O3. The second-order valence-electron chi connectivity index (χ2n) is 8.94. The van der Waals surface area contributed by atoms with Crippen LogP contribution in [0.3, 0.4) is 0 Å². The van der Waals surface area contributed by atoms with Gasteiger partial charge in [-0.3, -0.25) is 14.4 Å². The Hall–Kier alpha value is -2.44. The molecule has 0 spiro atoms. The molecule has 0 bridgehead atoms. The largest absolute Gasteiger partial charge is 0.356 e. The van der Waals surface area contributed by atoms with Gasteiger partial charge in [-0.2, -0.15) is 0 Å². The zero-order valence-electron chi connectivity index (χ0n) is 18.6. The van der Waals surface area contributed by atoms with Crippen molar-refractivity contribution in [2.45, 2.75) is 58.8 Å². The number of likely N-dealkylation sites (tertiary alicyclic amines) is 1. The summed E-state index contributed by atoms with van der Waals surface area (Å²) in [4.78, 5) is 39.7. The van der Waals surface area contributed by atoms with Crippen molar-refractivity contribution < 1.29 is 18.8 Å². The van der Waals surface area contributed by atoms with E-state index in [1.165, 1.54) is 18.2 Å². The number of nitrogens with one attached hydrogen (secondary N) is 2. The number of carbonyl (C=O) groups is 3. The van der Waals surface area contributed by atoms with Crippen molar-refractivity contribution in [3.63, 3.8) is 0 Å². The van der Waals surface area contributed by atoms with Crippen molar-refractivity contribution >= 4 is 23.4 Å². The first kappa shape index (κ1) is 23.2. The highest BCUT2D eigenvalue weighted by atomic mass is 19.1. The number of hydrogen-bond acceptors (Lipinski definition) is 3. The number of anilines is 1. The molecule has 0 aromatic heterocycles. The molecule has 1 aliphatic heterocycles. The smallest absolute Gasteiger partial charge is 0.256 e. The number of carbonyl (C=O) groups excluding carboxylic acids is 3. The fourth-order valence-electron chi connectivity index (χ4n) is 4.17. The Morgan fingerprint density at radius 1 is 1.16 bits per heavy atom. The van der Waals surface area contributed by atoms with Gasteiger partial charge in [0.1, 0.15) is 5.82 Å².